The number of nitrogens with zero attached hydrogens (tertiary/aromatic N) is 1. The van der Waals surface area contributed by atoms with Gasteiger partial charge in [0.15, 0.2) is 0 Å². The van der Waals surface area contributed by atoms with Gasteiger partial charge in [0.25, 0.3) is 0 Å². The highest BCUT2D eigenvalue weighted by atomic mass is 15.2. The SMILES string of the molecule is CCC1(CC)CCN(CCNC2CCCCCC2)C1. The van der Waals surface area contributed by atoms with Gasteiger partial charge in [-0.25, -0.2) is 0 Å². The van der Waals surface area contributed by atoms with Crippen molar-refractivity contribution in [3.05, 3.63) is 0 Å². The molecule has 0 radical (unpaired) electrons. The standard InChI is InChI=1S/C17H34N2/c1-3-17(4-2)11-13-19(15-17)14-12-18-16-9-7-5-6-8-10-16/h16,18H,3-15H2,1-2H3. The van der Waals surface area contributed by atoms with Crippen LogP contribution in [-0.4, -0.2) is 37.1 Å². The van der Waals surface area contributed by atoms with E-state index in [0.29, 0.717) is 5.41 Å². The lowest BCUT2D eigenvalue weighted by Gasteiger charge is -2.27. The average molecular weight is 266 g/mol. The fraction of sp³-hybridized carbons (Fsp3) is 1.00. The number of hydrogen-bond donors (Lipinski definition) is 1. The number of rotatable bonds is 6. The van der Waals surface area contributed by atoms with E-state index in [9.17, 15) is 0 Å². The monoisotopic (exact) mass is 266 g/mol. The summed E-state index contributed by atoms with van der Waals surface area (Å²) in [5.74, 6) is 0. The van der Waals surface area contributed by atoms with E-state index >= 15 is 0 Å². The van der Waals surface area contributed by atoms with Crippen molar-refractivity contribution in [1.29, 1.82) is 0 Å². The Balaban J connectivity index is 1.63. The van der Waals surface area contributed by atoms with Crippen LogP contribution in [0, 0.1) is 5.41 Å². The van der Waals surface area contributed by atoms with Crippen molar-refractivity contribution >= 4 is 0 Å². The summed E-state index contributed by atoms with van der Waals surface area (Å²) in [6.45, 7) is 9.88. The predicted molar refractivity (Wildman–Crippen MR) is 83.6 cm³/mol. The highest BCUT2D eigenvalue weighted by Gasteiger charge is 2.34. The molecule has 112 valence electrons. The smallest absolute Gasteiger partial charge is 0.0107 e. The second kappa shape index (κ2) is 7.64. The summed E-state index contributed by atoms with van der Waals surface area (Å²) in [7, 11) is 0. The first-order valence-electron chi connectivity index (χ1n) is 8.74. The van der Waals surface area contributed by atoms with Gasteiger partial charge < -0.3 is 10.2 Å². The third kappa shape index (κ3) is 4.46. The highest BCUT2D eigenvalue weighted by Crippen LogP contribution is 2.36. The van der Waals surface area contributed by atoms with Crippen LogP contribution in [-0.2, 0) is 0 Å². The second-order valence-corrected chi connectivity index (χ2v) is 6.88. The van der Waals surface area contributed by atoms with Crippen molar-refractivity contribution < 1.29 is 0 Å². The van der Waals surface area contributed by atoms with Crippen LogP contribution in [0.2, 0.25) is 0 Å². The van der Waals surface area contributed by atoms with Crippen LogP contribution in [0.1, 0.15) is 71.6 Å². The molecule has 2 rings (SSSR count). The van der Waals surface area contributed by atoms with Gasteiger partial charge in [0.05, 0.1) is 0 Å². The van der Waals surface area contributed by atoms with Crippen molar-refractivity contribution in [2.75, 3.05) is 26.2 Å². The zero-order valence-electron chi connectivity index (χ0n) is 13.2. The quantitative estimate of drug-likeness (QED) is 0.735. The molecular weight excluding hydrogens is 232 g/mol. The molecule has 19 heavy (non-hydrogen) atoms. The lowest BCUT2D eigenvalue weighted by molar-refractivity contribution is 0.238. The maximum absolute atomic E-state index is 3.81. The van der Waals surface area contributed by atoms with E-state index in [1.54, 1.807) is 0 Å². The van der Waals surface area contributed by atoms with Crippen LogP contribution in [0.5, 0.6) is 0 Å². The lowest BCUT2D eigenvalue weighted by atomic mass is 9.82. The summed E-state index contributed by atoms with van der Waals surface area (Å²) in [4.78, 5) is 2.69. The zero-order chi connectivity index (χ0) is 13.6. The molecule has 0 aromatic heterocycles. The first-order valence-corrected chi connectivity index (χ1v) is 8.74. The Morgan fingerprint density at radius 3 is 2.32 bits per heavy atom. The van der Waals surface area contributed by atoms with Crippen LogP contribution in [0.25, 0.3) is 0 Å². The Labute approximate surface area is 120 Å². The molecule has 0 aromatic rings. The summed E-state index contributed by atoms with van der Waals surface area (Å²) >= 11 is 0. The molecule has 1 aliphatic carbocycles. The first kappa shape index (κ1) is 15.3. The van der Waals surface area contributed by atoms with Gasteiger partial charge in [-0.1, -0.05) is 39.5 Å². The summed E-state index contributed by atoms with van der Waals surface area (Å²) in [6, 6.07) is 0.812. The molecule has 2 nitrogen and oxygen atoms in total. The van der Waals surface area contributed by atoms with E-state index < -0.39 is 0 Å². The van der Waals surface area contributed by atoms with Gasteiger partial charge in [0.1, 0.15) is 0 Å². The molecule has 1 saturated carbocycles. The minimum absolute atomic E-state index is 0.641. The van der Waals surface area contributed by atoms with E-state index in [2.05, 4.69) is 24.1 Å². The maximum Gasteiger partial charge on any atom is 0.0107 e. The normalized spacial score (nSPS) is 25.6. The zero-order valence-corrected chi connectivity index (χ0v) is 13.2. The van der Waals surface area contributed by atoms with E-state index in [4.69, 9.17) is 0 Å². The average Bonchev–Trinajstić information content (AvgIpc) is 2.68. The van der Waals surface area contributed by atoms with Gasteiger partial charge >= 0.3 is 0 Å². The molecule has 1 N–H and O–H groups in total. The first-order chi connectivity index (χ1) is 9.28. The second-order valence-electron chi connectivity index (χ2n) is 6.88. The Bertz CT molecular complexity index is 240. The molecule has 0 amide bonds. The van der Waals surface area contributed by atoms with Gasteiger partial charge in [-0.05, 0) is 44.1 Å². The largest absolute Gasteiger partial charge is 0.313 e. The fourth-order valence-electron chi connectivity index (χ4n) is 3.96. The molecule has 0 atom stereocenters. The van der Waals surface area contributed by atoms with Gasteiger partial charge in [-0.15, -0.1) is 0 Å². The van der Waals surface area contributed by atoms with Gasteiger partial charge in [0, 0.05) is 25.7 Å². The van der Waals surface area contributed by atoms with Crippen molar-refractivity contribution in [3.8, 4) is 0 Å². The lowest BCUT2D eigenvalue weighted by Crippen LogP contribution is -2.37. The van der Waals surface area contributed by atoms with Gasteiger partial charge in [-0.3, -0.25) is 0 Å². The Kier molecular flexibility index (Phi) is 6.15. The highest BCUT2D eigenvalue weighted by molar-refractivity contribution is 4.88. The van der Waals surface area contributed by atoms with Crippen molar-refractivity contribution in [3.63, 3.8) is 0 Å². The maximum atomic E-state index is 3.81. The van der Waals surface area contributed by atoms with E-state index in [1.165, 1.54) is 84.0 Å². The molecule has 0 aromatic carbocycles. The number of nitrogens with one attached hydrogen (secondary N) is 1. The molecule has 0 bridgehead atoms. The van der Waals surface area contributed by atoms with Crippen molar-refractivity contribution in [2.45, 2.75) is 77.7 Å². The van der Waals surface area contributed by atoms with E-state index in [-0.39, 0.29) is 0 Å². The van der Waals surface area contributed by atoms with Crippen LogP contribution < -0.4 is 5.32 Å². The summed E-state index contributed by atoms with van der Waals surface area (Å²) < 4.78 is 0. The molecule has 1 aliphatic heterocycles. The van der Waals surface area contributed by atoms with Crippen molar-refractivity contribution in [1.82, 2.24) is 10.2 Å². The molecule has 2 aliphatic rings. The Morgan fingerprint density at radius 2 is 1.74 bits per heavy atom. The molecule has 0 unspecified atom stereocenters. The van der Waals surface area contributed by atoms with Gasteiger partial charge in [-0.2, -0.15) is 0 Å². The summed E-state index contributed by atoms with van der Waals surface area (Å²) in [5.41, 5.74) is 0.641. The third-order valence-electron chi connectivity index (χ3n) is 5.73. The topological polar surface area (TPSA) is 15.3 Å². The minimum atomic E-state index is 0.641. The summed E-state index contributed by atoms with van der Waals surface area (Å²) in [6.07, 6.45) is 12.8. The van der Waals surface area contributed by atoms with Crippen molar-refractivity contribution in [2.24, 2.45) is 5.41 Å². The fourth-order valence-corrected chi connectivity index (χ4v) is 3.96. The number of hydrogen-bond acceptors (Lipinski definition) is 2. The van der Waals surface area contributed by atoms with E-state index in [0.717, 1.165) is 6.04 Å². The molecule has 2 fully saturated rings. The Hall–Kier alpha value is -0.0800. The van der Waals surface area contributed by atoms with Crippen LogP contribution in [0.3, 0.4) is 0 Å². The molecular formula is C17H34N2. The van der Waals surface area contributed by atoms with Crippen LogP contribution in [0.4, 0.5) is 0 Å². The number of likely N-dealkylation sites (tertiary alicyclic amines) is 1. The van der Waals surface area contributed by atoms with E-state index in [1.807, 2.05) is 0 Å². The third-order valence-corrected chi connectivity index (χ3v) is 5.73. The van der Waals surface area contributed by atoms with Crippen LogP contribution >= 0.6 is 0 Å². The molecule has 2 heteroatoms. The van der Waals surface area contributed by atoms with Crippen LogP contribution in [0.15, 0.2) is 0 Å². The molecule has 1 saturated heterocycles. The predicted octanol–water partition coefficient (Wildman–Crippen LogP) is 3.81. The summed E-state index contributed by atoms with van der Waals surface area (Å²) in [5, 5.41) is 3.81. The van der Waals surface area contributed by atoms with Gasteiger partial charge in [0.2, 0.25) is 0 Å². The molecule has 0 spiro atoms. The molecule has 1 heterocycles. The Morgan fingerprint density at radius 1 is 1.05 bits per heavy atom. The minimum Gasteiger partial charge on any atom is -0.313 e.